The van der Waals surface area contributed by atoms with Crippen LogP contribution in [-0.2, 0) is 6.42 Å². The van der Waals surface area contributed by atoms with E-state index in [2.05, 4.69) is 31.4 Å². The Balaban J connectivity index is 2.05. The van der Waals surface area contributed by atoms with Gasteiger partial charge in [-0.2, -0.15) is 0 Å². The lowest BCUT2D eigenvalue weighted by Crippen LogP contribution is -2.41. The fourth-order valence-corrected chi connectivity index (χ4v) is 3.35. The normalized spacial score (nSPS) is 25.3. The molecule has 1 aromatic carbocycles. The maximum atomic E-state index is 6.30. The van der Waals surface area contributed by atoms with Crippen LogP contribution in [0.4, 0.5) is 0 Å². The summed E-state index contributed by atoms with van der Waals surface area (Å²) in [5, 5.41) is 0.862. The predicted molar refractivity (Wildman–Crippen MR) is 77.5 cm³/mol. The second-order valence-corrected chi connectivity index (χ2v) is 6.16. The number of benzene rings is 1. The lowest BCUT2D eigenvalue weighted by Gasteiger charge is -2.23. The average Bonchev–Trinajstić information content (AvgIpc) is 2.75. The van der Waals surface area contributed by atoms with Gasteiger partial charge in [0.15, 0.2) is 0 Å². The molecule has 0 radical (unpaired) electrons. The van der Waals surface area contributed by atoms with Crippen molar-refractivity contribution in [3.63, 3.8) is 0 Å². The summed E-state index contributed by atoms with van der Waals surface area (Å²) in [5.41, 5.74) is 5.40. The van der Waals surface area contributed by atoms with Crippen molar-refractivity contribution < 1.29 is 0 Å². The van der Waals surface area contributed by atoms with Crippen molar-refractivity contribution in [1.29, 1.82) is 0 Å². The molecule has 1 fully saturated rings. The Hall–Kier alpha value is -0.570. The first-order chi connectivity index (χ1) is 8.60. The molecule has 0 bridgehead atoms. The highest BCUT2D eigenvalue weighted by molar-refractivity contribution is 6.31. The topological polar surface area (TPSA) is 38.0 Å². The van der Waals surface area contributed by atoms with Crippen molar-refractivity contribution in [2.24, 2.45) is 17.7 Å². The summed E-state index contributed by atoms with van der Waals surface area (Å²) < 4.78 is 0. The highest BCUT2D eigenvalue weighted by Crippen LogP contribution is 2.34. The van der Waals surface area contributed by atoms with Crippen LogP contribution in [0.2, 0.25) is 5.02 Å². The van der Waals surface area contributed by atoms with Gasteiger partial charge in [-0.25, -0.2) is 0 Å². The van der Waals surface area contributed by atoms with E-state index in [-0.39, 0.29) is 0 Å². The van der Waals surface area contributed by atoms with E-state index in [1.165, 1.54) is 30.4 Å². The lowest BCUT2D eigenvalue weighted by molar-refractivity contribution is 0.353. The minimum atomic E-state index is 0.343. The predicted octanol–water partition coefficient (Wildman–Crippen LogP) is 3.46. The standard InChI is InChI=1S/C15H23ClN2/c1-10-4-6-13(7-10)15(18-17)9-12-5-3-11(2)8-14(12)16/h3,5,8,10,13,15,18H,4,6-7,9,17H2,1-2H3. The molecule has 18 heavy (non-hydrogen) atoms. The Morgan fingerprint density at radius 2 is 2.22 bits per heavy atom. The van der Waals surface area contributed by atoms with Crippen molar-refractivity contribution in [3.05, 3.63) is 34.3 Å². The number of nitrogens with one attached hydrogen (secondary N) is 1. The average molecular weight is 267 g/mol. The third-order valence-electron chi connectivity index (χ3n) is 4.17. The van der Waals surface area contributed by atoms with E-state index in [1.807, 2.05) is 6.07 Å². The molecule has 1 aromatic rings. The van der Waals surface area contributed by atoms with Gasteiger partial charge in [-0.1, -0.05) is 37.1 Å². The Morgan fingerprint density at radius 3 is 2.78 bits per heavy atom. The fraction of sp³-hybridized carbons (Fsp3) is 0.600. The quantitative estimate of drug-likeness (QED) is 0.647. The molecule has 3 unspecified atom stereocenters. The molecule has 1 saturated carbocycles. The zero-order chi connectivity index (χ0) is 13.1. The van der Waals surface area contributed by atoms with Gasteiger partial charge in [0.05, 0.1) is 0 Å². The monoisotopic (exact) mass is 266 g/mol. The summed E-state index contributed by atoms with van der Waals surface area (Å²) in [4.78, 5) is 0. The number of aryl methyl sites for hydroxylation is 1. The maximum Gasteiger partial charge on any atom is 0.0441 e. The van der Waals surface area contributed by atoms with E-state index < -0.39 is 0 Å². The van der Waals surface area contributed by atoms with Crippen LogP contribution in [0.15, 0.2) is 18.2 Å². The van der Waals surface area contributed by atoms with Gasteiger partial charge in [0, 0.05) is 11.1 Å². The van der Waals surface area contributed by atoms with Crippen LogP contribution in [0.25, 0.3) is 0 Å². The van der Waals surface area contributed by atoms with E-state index in [0.29, 0.717) is 12.0 Å². The molecule has 2 nitrogen and oxygen atoms in total. The van der Waals surface area contributed by atoms with E-state index in [9.17, 15) is 0 Å². The Morgan fingerprint density at radius 1 is 1.44 bits per heavy atom. The van der Waals surface area contributed by atoms with Crippen LogP contribution in [0.1, 0.15) is 37.3 Å². The minimum absolute atomic E-state index is 0.343. The van der Waals surface area contributed by atoms with Gasteiger partial charge < -0.3 is 0 Å². The summed E-state index contributed by atoms with van der Waals surface area (Å²) in [6.45, 7) is 4.39. The van der Waals surface area contributed by atoms with E-state index in [0.717, 1.165) is 17.4 Å². The summed E-state index contributed by atoms with van der Waals surface area (Å²) in [5.74, 6) is 7.25. The van der Waals surface area contributed by atoms with Crippen molar-refractivity contribution in [1.82, 2.24) is 5.43 Å². The van der Waals surface area contributed by atoms with Gasteiger partial charge in [0.1, 0.15) is 0 Å². The zero-order valence-corrected chi connectivity index (χ0v) is 12.0. The van der Waals surface area contributed by atoms with E-state index in [4.69, 9.17) is 17.4 Å². The fourth-order valence-electron chi connectivity index (χ4n) is 3.03. The van der Waals surface area contributed by atoms with Gasteiger partial charge in [-0.3, -0.25) is 11.3 Å². The molecule has 2 rings (SSSR count). The summed E-state index contributed by atoms with van der Waals surface area (Å²) in [7, 11) is 0. The molecule has 3 atom stereocenters. The smallest absolute Gasteiger partial charge is 0.0441 e. The van der Waals surface area contributed by atoms with Gasteiger partial charge >= 0.3 is 0 Å². The first-order valence-electron chi connectivity index (χ1n) is 6.81. The first-order valence-corrected chi connectivity index (χ1v) is 7.19. The van der Waals surface area contributed by atoms with Crippen LogP contribution in [-0.4, -0.2) is 6.04 Å². The Labute approximate surface area is 115 Å². The molecule has 0 spiro atoms. The van der Waals surface area contributed by atoms with Crippen LogP contribution in [0.3, 0.4) is 0 Å². The molecule has 1 aliphatic rings. The second kappa shape index (κ2) is 6.05. The van der Waals surface area contributed by atoms with Gasteiger partial charge in [0.2, 0.25) is 0 Å². The minimum Gasteiger partial charge on any atom is -0.271 e. The first kappa shape index (κ1) is 13.9. The number of halogens is 1. The second-order valence-electron chi connectivity index (χ2n) is 5.75. The maximum absolute atomic E-state index is 6.30. The van der Waals surface area contributed by atoms with Crippen molar-refractivity contribution in [2.75, 3.05) is 0 Å². The molecule has 100 valence electrons. The number of rotatable bonds is 4. The molecule has 0 heterocycles. The lowest BCUT2D eigenvalue weighted by atomic mass is 9.91. The largest absolute Gasteiger partial charge is 0.271 e. The Bertz CT molecular complexity index is 405. The molecule has 0 aromatic heterocycles. The third kappa shape index (κ3) is 3.25. The van der Waals surface area contributed by atoms with Crippen molar-refractivity contribution >= 4 is 11.6 Å². The van der Waals surface area contributed by atoms with Crippen LogP contribution < -0.4 is 11.3 Å². The SMILES string of the molecule is Cc1ccc(CC(NN)C2CCC(C)C2)c(Cl)c1. The number of hydrogen-bond acceptors (Lipinski definition) is 2. The van der Waals surface area contributed by atoms with E-state index in [1.54, 1.807) is 0 Å². The zero-order valence-electron chi connectivity index (χ0n) is 11.2. The molecular weight excluding hydrogens is 244 g/mol. The Kier molecular flexibility index (Phi) is 4.66. The number of hydrazine groups is 1. The molecule has 0 saturated heterocycles. The molecule has 0 aliphatic heterocycles. The van der Waals surface area contributed by atoms with Crippen LogP contribution in [0, 0.1) is 18.8 Å². The molecular formula is C15H23ClN2. The molecule has 0 amide bonds. The van der Waals surface area contributed by atoms with Crippen molar-refractivity contribution in [3.8, 4) is 0 Å². The van der Waals surface area contributed by atoms with Crippen LogP contribution in [0.5, 0.6) is 0 Å². The third-order valence-corrected chi connectivity index (χ3v) is 4.52. The number of hydrogen-bond donors (Lipinski definition) is 2. The molecule has 1 aliphatic carbocycles. The summed E-state index contributed by atoms with van der Waals surface area (Å²) in [6, 6.07) is 6.61. The molecule has 3 heteroatoms. The van der Waals surface area contributed by atoms with Crippen LogP contribution >= 0.6 is 11.6 Å². The highest BCUT2D eigenvalue weighted by atomic mass is 35.5. The van der Waals surface area contributed by atoms with Gasteiger partial charge in [-0.05, 0) is 55.2 Å². The van der Waals surface area contributed by atoms with E-state index >= 15 is 0 Å². The molecule has 3 N–H and O–H groups in total. The van der Waals surface area contributed by atoms with Crippen molar-refractivity contribution in [2.45, 2.75) is 45.6 Å². The summed E-state index contributed by atoms with van der Waals surface area (Å²) in [6.07, 6.45) is 4.80. The summed E-state index contributed by atoms with van der Waals surface area (Å²) >= 11 is 6.30. The van der Waals surface area contributed by atoms with Gasteiger partial charge in [0.25, 0.3) is 0 Å². The van der Waals surface area contributed by atoms with Gasteiger partial charge in [-0.15, -0.1) is 0 Å². The number of nitrogens with two attached hydrogens (primary N) is 1. The highest BCUT2D eigenvalue weighted by Gasteiger charge is 2.28.